The van der Waals surface area contributed by atoms with Crippen LogP contribution in [0.4, 0.5) is 5.69 Å². The van der Waals surface area contributed by atoms with Crippen molar-refractivity contribution in [3.8, 4) is 11.5 Å². The van der Waals surface area contributed by atoms with Gasteiger partial charge in [-0.2, -0.15) is 0 Å². The molecule has 0 unspecified atom stereocenters. The minimum Gasteiger partial charge on any atom is -0.491 e. The van der Waals surface area contributed by atoms with Gasteiger partial charge in [-0.15, -0.1) is 0 Å². The van der Waals surface area contributed by atoms with Crippen molar-refractivity contribution in [2.75, 3.05) is 11.9 Å². The van der Waals surface area contributed by atoms with Gasteiger partial charge in [-0.05, 0) is 72.2 Å². The van der Waals surface area contributed by atoms with Crippen molar-refractivity contribution in [2.24, 2.45) is 0 Å². The van der Waals surface area contributed by atoms with E-state index >= 15 is 0 Å². The maximum atomic E-state index is 11.9. The van der Waals surface area contributed by atoms with E-state index in [0.29, 0.717) is 11.4 Å². The van der Waals surface area contributed by atoms with Crippen LogP contribution in [0.3, 0.4) is 0 Å². The normalized spacial score (nSPS) is 10.5. The maximum absolute atomic E-state index is 11.9. The summed E-state index contributed by atoms with van der Waals surface area (Å²) >= 11 is 6.76. The fourth-order valence-corrected chi connectivity index (χ4v) is 2.98. The van der Waals surface area contributed by atoms with Gasteiger partial charge in [0.1, 0.15) is 11.5 Å². The molecule has 0 aromatic heterocycles. The summed E-state index contributed by atoms with van der Waals surface area (Å²) in [4.78, 5) is 11.9. The predicted octanol–water partition coefficient (Wildman–Crippen LogP) is 5.02. The lowest BCUT2D eigenvalue weighted by atomic mass is 10.3. The molecule has 23 heavy (non-hydrogen) atoms. The fourth-order valence-electron chi connectivity index (χ4n) is 1.82. The van der Waals surface area contributed by atoms with E-state index < -0.39 is 0 Å². The first-order chi connectivity index (χ1) is 10.9. The number of halogens is 2. The third-order valence-corrected chi connectivity index (χ3v) is 3.88. The molecule has 4 nitrogen and oxygen atoms in total. The van der Waals surface area contributed by atoms with Gasteiger partial charge in [0.05, 0.1) is 10.6 Å². The summed E-state index contributed by atoms with van der Waals surface area (Å²) in [6.07, 6.45) is 0.119. The molecule has 0 aliphatic rings. The monoisotopic (exact) mass is 441 g/mol. The minimum absolute atomic E-state index is 0.0650. The number of rotatable bonds is 6. The van der Waals surface area contributed by atoms with Gasteiger partial charge in [0, 0.05) is 10.2 Å². The van der Waals surface area contributed by atoms with Crippen LogP contribution in [0.5, 0.6) is 11.5 Å². The van der Waals surface area contributed by atoms with Crippen LogP contribution in [0, 0.1) is 0 Å². The van der Waals surface area contributed by atoms with Crippen molar-refractivity contribution in [1.82, 2.24) is 0 Å². The van der Waals surface area contributed by atoms with Crippen LogP contribution in [0.1, 0.15) is 13.8 Å². The quantitative estimate of drug-likeness (QED) is 0.683. The molecule has 0 saturated carbocycles. The number of carbonyl (C=O) groups excluding carboxylic acids is 1. The SMILES string of the molecule is CC(C)Oc1ccc(NC(=O)COc2ccc(Br)cc2Br)cc1. The van der Waals surface area contributed by atoms with Gasteiger partial charge in [0.2, 0.25) is 0 Å². The summed E-state index contributed by atoms with van der Waals surface area (Å²) in [5.74, 6) is 1.16. The Labute approximate surface area is 152 Å². The van der Waals surface area contributed by atoms with Crippen LogP contribution in [-0.4, -0.2) is 18.6 Å². The first-order valence-corrected chi connectivity index (χ1v) is 8.67. The lowest BCUT2D eigenvalue weighted by molar-refractivity contribution is -0.118. The van der Waals surface area contributed by atoms with Gasteiger partial charge in [-0.3, -0.25) is 4.79 Å². The van der Waals surface area contributed by atoms with Crippen LogP contribution < -0.4 is 14.8 Å². The molecule has 2 aromatic rings. The number of anilines is 1. The number of hydrogen-bond acceptors (Lipinski definition) is 3. The van der Waals surface area contributed by atoms with E-state index in [1.54, 1.807) is 18.2 Å². The first-order valence-electron chi connectivity index (χ1n) is 7.08. The summed E-state index contributed by atoms with van der Waals surface area (Å²) in [6.45, 7) is 3.87. The molecule has 122 valence electrons. The lowest BCUT2D eigenvalue weighted by Gasteiger charge is -2.11. The van der Waals surface area contributed by atoms with Gasteiger partial charge in [-0.25, -0.2) is 0 Å². The number of benzene rings is 2. The topological polar surface area (TPSA) is 47.6 Å². The van der Waals surface area contributed by atoms with Crippen LogP contribution in [-0.2, 0) is 4.79 Å². The molecule has 0 fully saturated rings. The Bertz CT molecular complexity index is 672. The molecular formula is C17H17Br2NO3. The van der Waals surface area contributed by atoms with E-state index in [1.807, 2.05) is 38.1 Å². The molecule has 1 amide bonds. The Morgan fingerprint density at radius 1 is 1.13 bits per heavy atom. The smallest absolute Gasteiger partial charge is 0.262 e. The highest BCUT2D eigenvalue weighted by atomic mass is 79.9. The molecule has 1 N–H and O–H groups in total. The third kappa shape index (κ3) is 5.88. The van der Waals surface area contributed by atoms with E-state index in [-0.39, 0.29) is 18.6 Å². The van der Waals surface area contributed by atoms with E-state index in [2.05, 4.69) is 37.2 Å². The van der Waals surface area contributed by atoms with E-state index in [9.17, 15) is 4.79 Å². The molecule has 0 bridgehead atoms. The van der Waals surface area contributed by atoms with Gasteiger partial charge < -0.3 is 14.8 Å². The average molecular weight is 443 g/mol. The van der Waals surface area contributed by atoms with E-state index in [1.165, 1.54) is 0 Å². The van der Waals surface area contributed by atoms with Gasteiger partial charge in [0.25, 0.3) is 5.91 Å². The molecule has 0 atom stereocenters. The van der Waals surface area contributed by atoms with Crippen molar-refractivity contribution >= 4 is 43.5 Å². The first kappa shape index (κ1) is 17.8. The fraction of sp³-hybridized carbons (Fsp3) is 0.235. The number of carbonyl (C=O) groups is 1. The van der Waals surface area contributed by atoms with E-state index in [0.717, 1.165) is 14.7 Å². The van der Waals surface area contributed by atoms with Crippen molar-refractivity contribution in [1.29, 1.82) is 0 Å². The second-order valence-corrected chi connectivity index (χ2v) is 6.87. The molecule has 2 aromatic carbocycles. The molecular weight excluding hydrogens is 426 g/mol. The Morgan fingerprint density at radius 3 is 2.43 bits per heavy atom. The Kier molecular flexibility index (Phi) is 6.47. The zero-order valence-corrected chi connectivity index (χ0v) is 16.0. The second kappa shape index (κ2) is 8.36. The summed E-state index contributed by atoms with van der Waals surface area (Å²) in [6, 6.07) is 12.7. The van der Waals surface area contributed by atoms with Gasteiger partial charge in [-0.1, -0.05) is 15.9 Å². The maximum Gasteiger partial charge on any atom is 0.262 e. The molecule has 0 aliphatic heterocycles. The molecule has 0 heterocycles. The summed E-state index contributed by atoms with van der Waals surface area (Å²) in [7, 11) is 0. The van der Waals surface area contributed by atoms with E-state index in [4.69, 9.17) is 9.47 Å². The summed E-state index contributed by atoms with van der Waals surface area (Å²) in [5.41, 5.74) is 0.699. The Balaban J connectivity index is 1.87. The van der Waals surface area contributed by atoms with Crippen molar-refractivity contribution in [2.45, 2.75) is 20.0 Å². The van der Waals surface area contributed by atoms with Gasteiger partial charge >= 0.3 is 0 Å². The molecule has 0 aliphatic carbocycles. The third-order valence-electron chi connectivity index (χ3n) is 2.76. The number of ether oxygens (including phenoxy) is 2. The highest BCUT2D eigenvalue weighted by Crippen LogP contribution is 2.28. The molecule has 2 rings (SSSR count). The number of amides is 1. The second-order valence-electron chi connectivity index (χ2n) is 5.10. The van der Waals surface area contributed by atoms with Crippen LogP contribution in [0.2, 0.25) is 0 Å². The van der Waals surface area contributed by atoms with Crippen LogP contribution in [0.25, 0.3) is 0 Å². The number of hydrogen-bond donors (Lipinski definition) is 1. The van der Waals surface area contributed by atoms with Crippen LogP contribution in [0.15, 0.2) is 51.4 Å². The molecule has 0 radical (unpaired) electrons. The van der Waals surface area contributed by atoms with Crippen molar-refractivity contribution in [3.05, 3.63) is 51.4 Å². The lowest BCUT2D eigenvalue weighted by Crippen LogP contribution is -2.20. The van der Waals surface area contributed by atoms with Crippen molar-refractivity contribution < 1.29 is 14.3 Å². The summed E-state index contributed by atoms with van der Waals surface area (Å²) < 4.78 is 12.8. The highest BCUT2D eigenvalue weighted by Gasteiger charge is 2.07. The molecule has 0 saturated heterocycles. The highest BCUT2D eigenvalue weighted by molar-refractivity contribution is 9.11. The predicted molar refractivity (Wildman–Crippen MR) is 98.2 cm³/mol. The molecule has 0 spiro atoms. The average Bonchev–Trinajstić information content (AvgIpc) is 2.48. The summed E-state index contributed by atoms with van der Waals surface area (Å²) in [5, 5.41) is 2.78. The number of nitrogens with one attached hydrogen (secondary N) is 1. The van der Waals surface area contributed by atoms with Crippen molar-refractivity contribution in [3.63, 3.8) is 0 Å². The largest absolute Gasteiger partial charge is 0.491 e. The zero-order valence-electron chi connectivity index (χ0n) is 12.8. The van der Waals surface area contributed by atoms with Gasteiger partial charge in [0.15, 0.2) is 6.61 Å². The zero-order chi connectivity index (χ0) is 16.8. The Morgan fingerprint density at radius 2 is 1.83 bits per heavy atom. The molecule has 6 heteroatoms. The standard InChI is InChI=1S/C17H17Br2NO3/c1-11(2)23-14-6-4-13(5-7-14)20-17(21)10-22-16-8-3-12(18)9-15(16)19/h3-9,11H,10H2,1-2H3,(H,20,21). The minimum atomic E-state index is -0.225. The Hall–Kier alpha value is -1.53. The van der Waals surface area contributed by atoms with Crippen LogP contribution >= 0.6 is 31.9 Å².